The molecule has 130 valence electrons. The third-order valence-electron chi connectivity index (χ3n) is 4.77. The van der Waals surface area contributed by atoms with Gasteiger partial charge in [-0.15, -0.1) is 0 Å². The Morgan fingerprint density at radius 3 is 2.56 bits per heavy atom. The van der Waals surface area contributed by atoms with Gasteiger partial charge >= 0.3 is 0 Å². The number of carbonyl (C=O) groups is 2. The molecule has 3 rings (SSSR count). The first-order valence-electron chi connectivity index (χ1n) is 8.44. The molecular formula is C20H23N3O2. The van der Waals surface area contributed by atoms with E-state index < -0.39 is 5.91 Å². The van der Waals surface area contributed by atoms with Gasteiger partial charge in [0, 0.05) is 29.9 Å². The molecule has 1 heterocycles. The average Bonchev–Trinajstić information content (AvgIpc) is 2.56. The Labute approximate surface area is 147 Å². The minimum atomic E-state index is -0.427. The summed E-state index contributed by atoms with van der Waals surface area (Å²) in [7, 11) is 0. The number of rotatable bonds is 3. The maximum absolute atomic E-state index is 12.1. The highest BCUT2D eigenvalue weighted by Crippen LogP contribution is 2.39. The number of nitrogens with zero attached hydrogens (tertiary/aromatic N) is 1. The Balaban J connectivity index is 1.94. The van der Waals surface area contributed by atoms with Gasteiger partial charge in [0.2, 0.25) is 11.8 Å². The van der Waals surface area contributed by atoms with Crippen LogP contribution < -0.4 is 16.0 Å². The van der Waals surface area contributed by atoms with E-state index in [0.717, 1.165) is 28.9 Å². The summed E-state index contributed by atoms with van der Waals surface area (Å²) in [6.07, 6.45) is 0.813. The van der Waals surface area contributed by atoms with E-state index in [2.05, 4.69) is 18.3 Å². The number of para-hydroxylation sites is 1. The summed E-state index contributed by atoms with van der Waals surface area (Å²) in [6.45, 7) is 5.62. The molecule has 2 atom stereocenters. The zero-order chi connectivity index (χ0) is 18.1. The highest BCUT2D eigenvalue weighted by molar-refractivity contribution is 5.94. The normalized spacial score (nSPS) is 19.2. The maximum Gasteiger partial charge on any atom is 0.248 e. The summed E-state index contributed by atoms with van der Waals surface area (Å²) in [5.74, 6) is -0.372. The van der Waals surface area contributed by atoms with Crippen molar-refractivity contribution in [2.75, 3.05) is 10.2 Å². The molecule has 0 saturated carbocycles. The van der Waals surface area contributed by atoms with Gasteiger partial charge in [0.25, 0.3) is 0 Å². The number of anilines is 2. The molecule has 2 aromatic carbocycles. The van der Waals surface area contributed by atoms with Crippen molar-refractivity contribution in [1.82, 2.24) is 0 Å². The predicted molar refractivity (Wildman–Crippen MR) is 99.7 cm³/mol. The summed E-state index contributed by atoms with van der Waals surface area (Å²) < 4.78 is 0. The molecule has 0 aromatic heterocycles. The Morgan fingerprint density at radius 2 is 1.92 bits per heavy atom. The van der Waals surface area contributed by atoms with Crippen LogP contribution in [0.1, 0.15) is 47.8 Å². The van der Waals surface area contributed by atoms with Gasteiger partial charge in [0.1, 0.15) is 0 Å². The van der Waals surface area contributed by atoms with E-state index in [9.17, 15) is 9.59 Å². The molecule has 3 N–H and O–H groups in total. The average molecular weight is 337 g/mol. The second-order valence-electron chi connectivity index (χ2n) is 6.62. The molecule has 2 aromatic rings. The number of amides is 2. The topological polar surface area (TPSA) is 75.4 Å². The molecular weight excluding hydrogens is 314 g/mol. The van der Waals surface area contributed by atoms with Crippen LogP contribution in [0.4, 0.5) is 11.4 Å². The Hall–Kier alpha value is -2.82. The van der Waals surface area contributed by atoms with Crippen LogP contribution in [0.15, 0.2) is 42.5 Å². The monoisotopic (exact) mass is 337 g/mol. The van der Waals surface area contributed by atoms with Crippen LogP contribution in [0.25, 0.3) is 0 Å². The zero-order valence-corrected chi connectivity index (χ0v) is 14.7. The molecule has 0 bridgehead atoms. The van der Waals surface area contributed by atoms with Crippen molar-refractivity contribution in [3.63, 3.8) is 0 Å². The number of aryl methyl sites for hydroxylation is 1. The summed E-state index contributed by atoms with van der Waals surface area (Å²) >= 11 is 0. The van der Waals surface area contributed by atoms with Crippen LogP contribution in [0.2, 0.25) is 0 Å². The van der Waals surface area contributed by atoms with Gasteiger partial charge in [-0.25, -0.2) is 0 Å². The second kappa shape index (κ2) is 6.59. The first kappa shape index (κ1) is 17.0. The van der Waals surface area contributed by atoms with Gasteiger partial charge in [-0.05, 0) is 55.7 Å². The number of fused-ring (bicyclic) bond motifs is 1. The fraction of sp³-hybridized carbons (Fsp3) is 0.300. The van der Waals surface area contributed by atoms with Gasteiger partial charge in [-0.1, -0.05) is 18.2 Å². The molecule has 25 heavy (non-hydrogen) atoms. The number of hydrogen-bond acceptors (Lipinski definition) is 3. The molecule has 1 aliphatic rings. The van der Waals surface area contributed by atoms with E-state index in [1.54, 1.807) is 19.1 Å². The third kappa shape index (κ3) is 3.22. The van der Waals surface area contributed by atoms with Crippen LogP contribution in [-0.4, -0.2) is 17.9 Å². The molecule has 0 spiro atoms. The van der Waals surface area contributed by atoms with Crippen molar-refractivity contribution in [2.24, 2.45) is 5.73 Å². The first-order valence-corrected chi connectivity index (χ1v) is 8.44. The third-order valence-corrected chi connectivity index (χ3v) is 4.77. The number of primary amides is 1. The fourth-order valence-corrected chi connectivity index (χ4v) is 3.60. The van der Waals surface area contributed by atoms with E-state index in [1.807, 2.05) is 36.1 Å². The van der Waals surface area contributed by atoms with Crippen LogP contribution in [0, 0.1) is 6.92 Å². The molecule has 2 unspecified atom stereocenters. The van der Waals surface area contributed by atoms with E-state index >= 15 is 0 Å². The highest BCUT2D eigenvalue weighted by atomic mass is 16.2. The number of carbonyl (C=O) groups excluding carboxylic acids is 2. The largest absolute Gasteiger partial charge is 0.378 e. The highest BCUT2D eigenvalue weighted by Gasteiger charge is 2.32. The van der Waals surface area contributed by atoms with Crippen molar-refractivity contribution < 1.29 is 9.59 Å². The minimum Gasteiger partial charge on any atom is -0.378 e. The molecule has 1 aliphatic heterocycles. The molecule has 0 saturated heterocycles. The summed E-state index contributed by atoms with van der Waals surface area (Å²) in [5, 5.41) is 3.57. The first-order chi connectivity index (χ1) is 11.9. The van der Waals surface area contributed by atoms with Crippen molar-refractivity contribution in [3.8, 4) is 0 Å². The van der Waals surface area contributed by atoms with E-state index in [-0.39, 0.29) is 18.0 Å². The van der Waals surface area contributed by atoms with Crippen molar-refractivity contribution >= 4 is 23.2 Å². The van der Waals surface area contributed by atoms with Crippen molar-refractivity contribution in [1.29, 1.82) is 0 Å². The summed E-state index contributed by atoms with van der Waals surface area (Å²) in [4.78, 5) is 25.2. The molecule has 5 heteroatoms. The van der Waals surface area contributed by atoms with Gasteiger partial charge in [-0.3, -0.25) is 9.59 Å². The zero-order valence-electron chi connectivity index (χ0n) is 14.7. The van der Waals surface area contributed by atoms with Gasteiger partial charge in [0.05, 0.1) is 6.04 Å². The number of nitrogens with two attached hydrogens (primary N) is 1. The van der Waals surface area contributed by atoms with E-state index in [1.165, 1.54) is 0 Å². The number of hydrogen-bond donors (Lipinski definition) is 2. The standard InChI is InChI=1S/C20H23N3O2/c1-12-10-15(20(21)25)8-9-17(12)22-18-11-13(2)23(14(3)24)19-7-5-4-6-16(18)19/h4-10,13,18,22H,11H2,1-3H3,(H2,21,25). The van der Waals surface area contributed by atoms with Gasteiger partial charge in [-0.2, -0.15) is 0 Å². The van der Waals surface area contributed by atoms with Gasteiger partial charge < -0.3 is 16.0 Å². The molecule has 0 fully saturated rings. The Bertz CT molecular complexity index is 831. The lowest BCUT2D eigenvalue weighted by atomic mass is 9.91. The molecule has 2 amide bonds. The molecule has 0 aliphatic carbocycles. The van der Waals surface area contributed by atoms with Gasteiger partial charge in [0.15, 0.2) is 0 Å². The van der Waals surface area contributed by atoms with Crippen molar-refractivity contribution in [3.05, 3.63) is 59.2 Å². The molecule has 5 nitrogen and oxygen atoms in total. The lowest BCUT2D eigenvalue weighted by Gasteiger charge is -2.39. The van der Waals surface area contributed by atoms with Crippen LogP contribution in [0.5, 0.6) is 0 Å². The lowest BCUT2D eigenvalue weighted by Crippen LogP contribution is -2.43. The quantitative estimate of drug-likeness (QED) is 0.901. The maximum atomic E-state index is 12.1. The summed E-state index contributed by atoms with van der Waals surface area (Å²) in [6, 6.07) is 13.6. The minimum absolute atomic E-state index is 0.0559. The van der Waals surface area contributed by atoms with Crippen molar-refractivity contribution in [2.45, 2.75) is 39.3 Å². The van der Waals surface area contributed by atoms with Crippen LogP contribution >= 0.6 is 0 Å². The lowest BCUT2D eigenvalue weighted by molar-refractivity contribution is -0.117. The number of nitrogens with one attached hydrogen (secondary N) is 1. The SMILES string of the molecule is CC(=O)N1c2ccccc2C(Nc2ccc(C(N)=O)cc2C)CC1C. The van der Waals surface area contributed by atoms with E-state index in [0.29, 0.717) is 5.56 Å². The fourth-order valence-electron chi connectivity index (χ4n) is 3.60. The predicted octanol–water partition coefficient (Wildman–Crippen LogP) is 3.39. The Morgan fingerprint density at radius 1 is 1.20 bits per heavy atom. The summed E-state index contributed by atoms with van der Waals surface area (Å²) in [5.41, 5.74) is 9.84. The van der Waals surface area contributed by atoms with Crippen LogP contribution in [0.3, 0.4) is 0 Å². The Kier molecular flexibility index (Phi) is 4.49. The second-order valence-corrected chi connectivity index (χ2v) is 6.62. The van der Waals surface area contributed by atoms with Crippen LogP contribution in [-0.2, 0) is 4.79 Å². The van der Waals surface area contributed by atoms with E-state index in [4.69, 9.17) is 5.73 Å². The smallest absolute Gasteiger partial charge is 0.248 e. The number of benzene rings is 2. The molecule has 0 radical (unpaired) electrons.